The molecule has 5 amide bonds. The quantitative estimate of drug-likeness (QED) is 0.257. The van der Waals surface area contributed by atoms with Crippen molar-refractivity contribution in [1.29, 1.82) is 0 Å². The molecule has 1 aliphatic heterocycles. The zero-order chi connectivity index (χ0) is 31.9. The van der Waals surface area contributed by atoms with Crippen molar-refractivity contribution < 1.29 is 24.0 Å². The van der Waals surface area contributed by atoms with Gasteiger partial charge in [-0.2, -0.15) is 0 Å². The van der Waals surface area contributed by atoms with Crippen molar-refractivity contribution in [3.05, 3.63) is 0 Å². The van der Waals surface area contributed by atoms with Crippen molar-refractivity contribution in [1.82, 2.24) is 20.9 Å². The second-order valence-corrected chi connectivity index (χ2v) is 16.2. The SMILES string of the molecule is CC(C)[C@@H](CCC(C)(C)C)NC(=O)N[C@H](C(=O)N1CC2[C@@H]([C@H]1C(=O)NC(CC1CC1)C(=O)C(N)=O)C2(C)C)C(C)(C)C. The molecule has 10 nitrogen and oxygen atoms in total. The molecule has 0 aromatic carbocycles. The van der Waals surface area contributed by atoms with E-state index in [1.165, 1.54) is 0 Å². The summed E-state index contributed by atoms with van der Waals surface area (Å²) in [5, 5.41) is 8.83. The summed E-state index contributed by atoms with van der Waals surface area (Å²) in [4.78, 5) is 67.1. The first kappa shape index (κ1) is 33.8. The average molecular weight is 590 g/mol. The number of primary amides is 1. The van der Waals surface area contributed by atoms with Crippen molar-refractivity contribution in [2.45, 2.75) is 126 Å². The molecule has 10 heteroatoms. The summed E-state index contributed by atoms with van der Waals surface area (Å²) in [6, 6.07) is -3.13. The molecule has 2 aliphatic carbocycles. The van der Waals surface area contributed by atoms with Gasteiger partial charge in [0.15, 0.2) is 0 Å². The van der Waals surface area contributed by atoms with E-state index in [1.54, 1.807) is 4.90 Å². The van der Waals surface area contributed by atoms with Gasteiger partial charge in [-0.1, -0.05) is 82.1 Å². The number of ketones is 1. The van der Waals surface area contributed by atoms with E-state index in [0.717, 1.165) is 25.7 Å². The fourth-order valence-electron chi connectivity index (χ4n) is 6.48. The van der Waals surface area contributed by atoms with Crippen LogP contribution in [0.5, 0.6) is 0 Å². The minimum absolute atomic E-state index is 0.0510. The summed E-state index contributed by atoms with van der Waals surface area (Å²) in [5.74, 6) is -2.11. The lowest BCUT2D eigenvalue weighted by Crippen LogP contribution is -2.62. The fraction of sp³-hybridized carbons (Fsp3) is 0.844. The number of hydrogen-bond acceptors (Lipinski definition) is 5. The minimum atomic E-state index is -1.07. The molecule has 0 aromatic heterocycles. The smallest absolute Gasteiger partial charge is 0.315 e. The van der Waals surface area contributed by atoms with Crippen molar-refractivity contribution in [2.75, 3.05) is 6.54 Å². The van der Waals surface area contributed by atoms with E-state index in [1.807, 2.05) is 20.8 Å². The molecule has 0 bridgehead atoms. The number of Topliss-reactive ketones (excluding diaryl/α,β-unsaturated/α-hetero) is 1. The summed E-state index contributed by atoms with van der Waals surface area (Å²) >= 11 is 0. The van der Waals surface area contributed by atoms with E-state index < -0.39 is 47.2 Å². The molecule has 5 N–H and O–H groups in total. The number of urea groups is 1. The Morgan fingerprint density at radius 1 is 0.952 bits per heavy atom. The minimum Gasteiger partial charge on any atom is -0.363 e. The van der Waals surface area contributed by atoms with Gasteiger partial charge in [0.05, 0.1) is 6.04 Å². The van der Waals surface area contributed by atoms with Gasteiger partial charge in [-0.25, -0.2) is 4.79 Å². The van der Waals surface area contributed by atoms with Crippen molar-refractivity contribution >= 4 is 29.5 Å². The Morgan fingerprint density at radius 2 is 1.55 bits per heavy atom. The van der Waals surface area contributed by atoms with Crippen LogP contribution >= 0.6 is 0 Å². The lowest BCUT2D eigenvalue weighted by Gasteiger charge is -2.38. The van der Waals surface area contributed by atoms with Gasteiger partial charge >= 0.3 is 6.03 Å². The van der Waals surface area contributed by atoms with Crippen LogP contribution < -0.4 is 21.7 Å². The van der Waals surface area contributed by atoms with Crippen LogP contribution in [0.1, 0.15) is 101 Å². The number of likely N-dealkylation sites (tertiary alicyclic amines) is 1. The van der Waals surface area contributed by atoms with Crippen LogP contribution in [0.3, 0.4) is 0 Å². The van der Waals surface area contributed by atoms with Crippen LogP contribution in [0, 0.1) is 39.9 Å². The number of carbonyl (C=O) groups excluding carboxylic acids is 5. The third-order valence-corrected chi connectivity index (χ3v) is 9.62. The van der Waals surface area contributed by atoms with E-state index in [9.17, 15) is 24.0 Å². The first-order valence-electron chi connectivity index (χ1n) is 15.7. The van der Waals surface area contributed by atoms with Gasteiger partial charge in [0, 0.05) is 12.6 Å². The van der Waals surface area contributed by atoms with Crippen LogP contribution in [-0.4, -0.2) is 65.1 Å². The maximum atomic E-state index is 14.2. The van der Waals surface area contributed by atoms with Gasteiger partial charge in [0.2, 0.25) is 17.6 Å². The van der Waals surface area contributed by atoms with Crippen LogP contribution in [0.25, 0.3) is 0 Å². The second kappa shape index (κ2) is 12.2. The molecule has 3 rings (SSSR count). The van der Waals surface area contributed by atoms with Crippen molar-refractivity contribution in [2.24, 2.45) is 45.7 Å². The standard InChI is InChI=1S/C32H55N5O5/c1-17(2)20(13-14-30(3,4)5)35-29(42)36-25(31(6,7)8)28(41)37-16-19-22(32(19,9)10)23(37)27(40)34-21(15-18-11-12-18)24(38)26(33)39/h17-23,25H,11-16H2,1-10H3,(H2,33,39)(H,34,40)(H2,35,36,42)/t19?,20-,21?,22+,23+,25-/m1/s1. The van der Waals surface area contributed by atoms with E-state index in [4.69, 9.17) is 5.73 Å². The molecular formula is C32H55N5O5. The molecular weight excluding hydrogens is 534 g/mol. The number of piperidine rings is 1. The molecule has 2 unspecified atom stereocenters. The average Bonchev–Trinajstić information content (AvgIpc) is 3.69. The molecule has 6 atom stereocenters. The van der Waals surface area contributed by atoms with Gasteiger partial charge < -0.3 is 26.6 Å². The third-order valence-electron chi connectivity index (χ3n) is 9.62. The largest absolute Gasteiger partial charge is 0.363 e. The Balaban J connectivity index is 1.79. The van der Waals surface area contributed by atoms with Crippen LogP contribution in [0.4, 0.5) is 4.79 Å². The summed E-state index contributed by atoms with van der Waals surface area (Å²) in [5.41, 5.74) is 4.65. The first-order valence-corrected chi connectivity index (χ1v) is 15.7. The Kier molecular flexibility index (Phi) is 9.79. The lowest BCUT2D eigenvalue weighted by atomic mass is 9.85. The summed E-state index contributed by atoms with van der Waals surface area (Å²) in [6.07, 6.45) is 4.02. The second-order valence-electron chi connectivity index (χ2n) is 16.2. The Hall–Kier alpha value is -2.65. The molecule has 42 heavy (non-hydrogen) atoms. The number of rotatable bonds is 12. The van der Waals surface area contributed by atoms with Gasteiger partial charge in [0.25, 0.3) is 5.91 Å². The fourth-order valence-corrected chi connectivity index (χ4v) is 6.48. The topological polar surface area (TPSA) is 151 Å². The van der Waals surface area contributed by atoms with Crippen LogP contribution in [0.2, 0.25) is 0 Å². The molecule has 238 valence electrons. The van der Waals surface area contributed by atoms with Gasteiger partial charge in [-0.3, -0.25) is 19.2 Å². The van der Waals surface area contributed by atoms with E-state index in [-0.39, 0.29) is 46.5 Å². The first-order chi connectivity index (χ1) is 19.1. The monoisotopic (exact) mass is 589 g/mol. The van der Waals surface area contributed by atoms with Crippen molar-refractivity contribution in [3.63, 3.8) is 0 Å². The molecule has 1 heterocycles. The molecule has 3 aliphatic rings. The van der Waals surface area contributed by atoms with Crippen LogP contribution in [-0.2, 0) is 19.2 Å². The summed E-state index contributed by atoms with van der Waals surface area (Å²) in [7, 11) is 0. The van der Waals surface area contributed by atoms with E-state index in [0.29, 0.717) is 13.0 Å². The molecule has 1 saturated heterocycles. The predicted molar refractivity (Wildman–Crippen MR) is 162 cm³/mol. The zero-order valence-corrected chi connectivity index (χ0v) is 27.4. The highest BCUT2D eigenvalue weighted by molar-refractivity contribution is 6.37. The van der Waals surface area contributed by atoms with Crippen LogP contribution in [0.15, 0.2) is 0 Å². The number of amides is 5. The normalized spacial score (nSPS) is 25.2. The highest BCUT2D eigenvalue weighted by Gasteiger charge is 2.70. The highest BCUT2D eigenvalue weighted by atomic mass is 16.2. The number of fused-ring (bicyclic) bond motifs is 1. The van der Waals surface area contributed by atoms with Gasteiger partial charge in [-0.15, -0.1) is 0 Å². The third kappa shape index (κ3) is 8.04. The Morgan fingerprint density at radius 3 is 2.02 bits per heavy atom. The molecule has 0 radical (unpaired) electrons. The molecule has 3 fully saturated rings. The lowest BCUT2D eigenvalue weighted by molar-refractivity contribution is -0.145. The molecule has 0 aromatic rings. The van der Waals surface area contributed by atoms with Gasteiger partial charge in [0.1, 0.15) is 12.1 Å². The number of carbonyl (C=O) groups is 5. The van der Waals surface area contributed by atoms with E-state index >= 15 is 0 Å². The Bertz CT molecular complexity index is 1070. The van der Waals surface area contributed by atoms with E-state index in [2.05, 4.69) is 64.4 Å². The number of hydrogen-bond donors (Lipinski definition) is 4. The number of nitrogens with two attached hydrogens (primary N) is 1. The maximum absolute atomic E-state index is 14.2. The summed E-state index contributed by atoms with van der Waals surface area (Å²) < 4.78 is 0. The number of nitrogens with zero attached hydrogens (tertiary/aromatic N) is 1. The predicted octanol–water partition coefficient (Wildman–Crippen LogP) is 3.37. The van der Waals surface area contributed by atoms with Gasteiger partial charge in [-0.05, 0) is 59.2 Å². The summed E-state index contributed by atoms with van der Waals surface area (Å²) in [6.45, 7) is 20.9. The zero-order valence-electron chi connectivity index (χ0n) is 27.4. The molecule has 0 spiro atoms. The number of nitrogens with one attached hydrogen (secondary N) is 3. The molecule has 2 saturated carbocycles. The highest BCUT2D eigenvalue weighted by Crippen LogP contribution is 2.65. The maximum Gasteiger partial charge on any atom is 0.315 e. The Labute approximate surface area is 252 Å². The van der Waals surface area contributed by atoms with Crippen molar-refractivity contribution in [3.8, 4) is 0 Å².